The predicted molar refractivity (Wildman–Crippen MR) is 109 cm³/mol. The van der Waals surface area contributed by atoms with E-state index in [1.54, 1.807) is 12.0 Å². The zero-order chi connectivity index (χ0) is 20.4. The summed E-state index contributed by atoms with van der Waals surface area (Å²) in [4.78, 5) is 34.1. The average Bonchev–Trinajstić information content (AvgIpc) is 3.08. The molecule has 0 aliphatic carbocycles. The molecule has 29 heavy (non-hydrogen) atoms. The Labute approximate surface area is 173 Å². The average molecular weight is 415 g/mol. The SMILES string of the molecule is COc1cc(N2CCC(N(C)C(=O)CC3(Cl)N=c4ccccc4=N3)CC2)ncn1. The van der Waals surface area contributed by atoms with E-state index in [4.69, 9.17) is 16.3 Å². The molecule has 2 aliphatic heterocycles. The Bertz CT molecular complexity index is 987. The molecule has 2 aromatic rings. The zero-order valence-corrected chi connectivity index (χ0v) is 17.2. The van der Waals surface area contributed by atoms with Gasteiger partial charge in [0.15, 0.2) is 0 Å². The van der Waals surface area contributed by atoms with Crippen LogP contribution in [-0.2, 0) is 4.79 Å². The number of nitrogens with zero attached hydrogens (tertiary/aromatic N) is 6. The maximum Gasteiger partial charge on any atom is 0.235 e. The molecule has 1 fully saturated rings. The van der Waals surface area contributed by atoms with Gasteiger partial charge in [-0.2, -0.15) is 0 Å². The van der Waals surface area contributed by atoms with Crippen molar-refractivity contribution >= 4 is 23.3 Å². The lowest BCUT2D eigenvalue weighted by Crippen LogP contribution is -2.46. The van der Waals surface area contributed by atoms with Crippen LogP contribution in [0.15, 0.2) is 46.6 Å². The van der Waals surface area contributed by atoms with Crippen molar-refractivity contribution in [1.29, 1.82) is 0 Å². The van der Waals surface area contributed by atoms with Crippen LogP contribution in [0.1, 0.15) is 19.3 Å². The van der Waals surface area contributed by atoms with Crippen molar-refractivity contribution in [2.24, 2.45) is 9.98 Å². The molecule has 0 spiro atoms. The van der Waals surface area contributed by atoms with E-state index in [0.29, 0.717) is 5.88 Å². The third-order valence-corrected chi connectivity index (χ3v) is 5.71. The third-order valence-electron chi connectivity index (χ3n) is 5.41. The van der Waals surface area contributed by atoms with Crippen LogP contribution >= 0.6 is 11.6 Å². The Hall–Kier alpha value is -2.74. The standard InChI is InChI=1S/C20H23ClN6O2/c1-26(19(28)12-20(21)24-15-5-3-4-6-16(15)25-20)14-7-9-27(10-8-14)17-11-18(29-2)23-13-22-17/h3-6,11,13-14H,7-10,12H2,1-2H3. The van der Waals surface area contributed by atoms with Gasteiger partial charge in [0.25, 0.3) is 0 Å². The van der Waals surface area contributed by atoms with E-state index < -0.39 is 5.12 Å². The van der Waals surface area contributed by atoms with Gasteiger partial charge in [-0.25, -0.2) is 20.0 Å². The largest absolute Gasteiger partial charge is 0.481 e. The van der Waals surface area contributed by atoms with Crippen molar-refractivity contribution in [3.8, 4) is 5.88 Å². The molecule has 8 nitrogen and oxygen atoms in total. The van der Waals surface area contributed by atoms with Gasteiger partial charge in [-0.05, 0) is 25.0 Å². The summed E-state index contributed by atoms with van der Waals surface area (Å²) in [5.74, 6) is 1.33. The van der Waals surface area contributed by atoms with Crippen molar-refractivity contribution in [3.05, 3.63) is 47.4 Å². The Kier molecular flexibility index (Phi) is 5.36. The van der Waals surface area contributed by atoms with Gasteiger partial charge in [-0.15, -0.1) is 0 Å². The highest BCUT2D eigenvalue weighted by Gasteiger charge is 2.35. The van der Waals surface area contributed by atoms with Gasteiger partial charge in [0.1, 0.15) is 12.1 Å². The van der Waals surface area contributed by atoms with Crippen LogP contribution in [0, 0.1) is 0 Å². The molecule has 1 saturated heterocycles. The number of hydrogen-bond acceptors (Lipinski definition) is 7. The second kappa shape index (κ2) is 7.94. The lowest BCUT2D eigenvalue weighted by atomic mass is 10.0. The first-order chi connectivity index (χ1) is 14.0. The highest BCUT2D eigenvalue weighted by atomic mass is 35.5. The van der Waals surface area contributed by atoms with Crippen LogP contribution in [0.3, 0.4) is 0 Å². The summed E-state index contributed by atoms with van der Waals surface area (Å²) in [6, 6.07) is 9.45. The summed E-state index contributed by atoms with van der Waals surface area (Å²) in [7, 11) is 3.42. The van der Waals surface area contributed by atoms with E-state index in [0.717, 1.165) is 42.5 Å². The molecule has 0 atom stereocenters. The molecule has 1 amide bonds. The van der Waals surface area contributed by atoms with Gasteiger partial charge in [0.2, 0.25) is 16.9 Å². The van der Waals surface area contributed by atoms with Crippen molar-refractivity contribution in [2.75, 3.05) is 32.1 Å². The van der Waals surface area contributed by atoms with Gasteiger partial charge in [0.05, 0.1) is 24.2 Å². The van der Waals surface area contributed by atoms with Crippen LogP contribution < -0.4 is 20.4 Å². The predicted octanol–water partition coefficient (Wildman–Crippen LogP) is 1.15. The van der Waals surface area contributed by atoms with Crippen LogP contribution in [0.25, 0.3) is 0 Å². The quantitative estimate of drug-likeness (QED) is 0.541. The van der Waals surface area contributed by atoms with E-state index in [9.17, 15) is 4.79 Å². The minimum absolute atomic E-state index is 0.0447. The Balaban J connectivity index is 1.36. The molecular weight excluding hydrogens is 392 g/mol. The fraction of sp³-hybridized carbons (Fsp3) is 0.450. The van der Waals surface area contributed by atoms with Gasteiger partial charge in [-0.1, -0.05) is 23.7 Å². The molecule has 0 saturated carbocycles. The van der Waals surface area contributed by atoms with E-state index in [1.165, 1.54) is 6.33 Å². The van der Waals surface area contributed by atoms with Gasteiger partial charge >= 0.3 is 0 Å². The summed E-state index contributed by atoms with van der Waals surface area (Å²) in [6.45, 7) is 1.60. The number of alkyl halides is 1. The molecule has 0 unspecified atom stereocenters. The monoisotopic (exact) mass is 414 g/mol. The number of methoxy groups -OCH3 is 1. The third kappa shape index (κ3) is 4.17. The number of piperidine rings is 1. The number of halogens is 1. The first-order valence-electron chi connectivity index (χ1n) is 9.58. The molecule has 0 N–H and O–H groups in total. The number of aromatic nitrogens is 2. The number of carbonyl (C=O) groups is 1. The van der Waals surface area contributed by atoms with Crippen LogP contribution in [0.2, 0.25) is 0 Å². The molecule has 9 heteroatoms. The topological polar surface area (TPSA) is 83.3 Å². The van der Waals surface area contributed by atoms with Gasteiger partial charge in [0, 0.05) is 32.2 Å². The molecule has 1 aromatic carbocycles. The number of ether oxygens (including phenoxy) is 1. The van der Waals surface area contributed by atoms with Crippen LogP contribution in [0.4, 0.5) is 5.82 Å². The van der Waals surface area contributed by atoms with Crippen LogP contribution in [-0.4, -0.2) is 59.2 Å². The van der Waals surface area contributed by atoms with Crippen molar-refractivity contribution in [3.63, 3.8) is 0 Å². The molecule has 3 heterocycles. The number of benzene rings is 1. The molecule has 152 valence electrons. The second-order valence-electron chi connectivity index (χ2n) is 7.25. The lowest BCUT2D eigenvalue weighted by molar-refractivity contribution is -0.132. The Morgan fingerprint density at radius 1 is 1.24 bits per heavy atom. The molecular formula is C20H23ClN6O2. The maximum absolute atomic E-state index is 12.9. The van der Waals surface area contributed by atoms with E-state index in [1.807, 2.05) is 37.4 Å². The Morgan fingerprint density at radius 3 is 2.52 bits per heavy atom. The molecule has 4 rings (SSSR count). The minimum atomic E-state index is -1.24. The highest BCUT2D eigenvalue weighted by molar-refractivity contribution is 6.24. The first-order valence-corrected chi connectivity index (χ1v) is 9.95. The number of carbonyl (C=O) groups excluding carboxylic acids is 1. The Morgan fingerprint density at radius 2 is 1.90 bits per heavy atom. The first kappa shape index (κ1) is 19.6. The number of fused-ring (bicyclic) bond motifs is 1. The normalized spacial score (nSPS) is 17.8. The fourth-order valence-corrected chi connectivity index (χ4v) is 4.04. The van der Waals surface area contributed by atoms with Crippen molar-refractivity contribution in [2.45, 2.75) is 30.4 Å². The summed E-state index contributed by atoms with van der Waals surface area (Å²) in [5.41, 5.74) is 0. The summed E-state index contributed by atoms with van der Waals surface area (Å²) < 4.78 is 5.17. The maximum atomic E-state index is 12.9. The van der Waals surface area contributed by atoms with Crippen LogP contribution in [0.5, 0.6) is 5.88 Å². The second-order valence-corrected chi connectivity index (χ2v) is 7.85. The number of hydrogen-bond donors (Lipinski definition) is 0. The van der Waals surface area contributed by atoms with Gasteiger partial charge < -0.3 is 14.5 Å². The molecule has 1 aromatic heterocycles. The van der Waals surface area contributed by atoms with E-state index >= 15 is 0 Å². The number of rotatable bonds is 5. The zero-order valence-electron chi connectivity index (χ0n) is 16.5. The fourth-order valence-electron chi connectivity index (χ4n) is 3.74. The van der Waals surface area contributed by atoms with Crippen molar-refractivity contribution < 1.29 is 9.53 Å². The lowest BCUT2D eigenvalue weighted by Gasteiger charge is -2.37. The summed E-state index contributed by atoms with van der Waals surface area (Å²) >= 11 is 6.53. The number of para-hydroxylation sites is 2. The van der Waals surface area contributed by atoms with Gasteiger partial charge in [-0.3, -0.25) is 4.79 Å². The molecule has 2 aliphatic rings. The van der Waals surface area contributed by atoms with E-state index in [-0.39, 0.29) is 18.4 Å². The summed E-state index contributed by atoms with van der Waals surface area (Å²) in [5, 5.41) is 0.214. The van der Waals surface area contributed by atoms with E-state index in [2.05, 4.69) is 24.9 Å². The smallest absolute Gasteiger partial charge is 0.235 e. The highest BCUT2D eigenvalue weighted by Crippen LogP contribution is 2.27. The number of amides is 1. The van der Waals surface area contributed by atoms with Crippen molar-refractivity contribution in [1.82, 2.24) is 14.9 Å². The number of anilines is 1. The molecule has 0 bridgehead atoms. The summed E-state index contributed by atoms with van der Waals surface area (Å²) in [6.07, 6.45) is 3.24. The molecule has 0 radical (unpaired) electrons. The minimum Gasteiger partial charge on any atom is -0.481 e.